The van der Waals surface area contributed by atoms with Gasteiger partial charge in [-0.2, -0.15) is 5.26 Å². The van der Waals surface area contributed by atoms with Crippen LogP contribution in [0.4, 0.5) is 5.69 Å². The van der Waals surface area contributed by atoms with Crippen molar-refractivity contribution in [2.45, 2.75) is 26.8 Å². The van der Waals surface area contributed by atoms with Crippen LogP contribution in [0.1, 0.15) is 25.0 Å². The van der Waals surface area contributed by atoms with Gasteiger partial charge >= 0.3 is 0 Å². The van der Waals surface area contributed by atoms with Crippen LogP contribution in [0.15, 0.2) is 18.2 Å². The van der Waals surface area contributed by atoms with Gasteiger partial charge in [0, 0.05) is 0 Å². The van der Waals surface area contributed by atoms with E-state index in [1.807, 2.05) is 32.9 Å². The van der Waals surface area contributed by atoms with Gasteiger partial charge in [-0.1, -0.05) is 19.9 Å². The maximum Gasteiger partial charge on any atom is 0.240 e. The minimum absolute atomic E-state index is 0.0690. The van der Waals surface area contributed by atoms with Crippen LogP contribution in [0.5, 0.6) is 0 Å². The average molecular weight is 231 g/mol. The van der Waals surface area contributed by atoms with Crippen molar-refractivity contribution < 1.29 is 4.79 Å². The van der Waals surface area contributed by atoms with Crippen LogP contribution in [0.25, 0.3) is 0 Å². The molecule has 0 bridgehead atoms. The largest absolute Gasteiger partial charge is 0.372 e. The van der Waals surface area contributed by atoms with E-state index < -0.39 is 11.9 Å². The van der Waals surface area contributed by atoms with Crippen molar-refractivity contribution in [2.24, 2.45) is 11.7 Å². The van der Waals surface area contributed by atoms with Crippen molar-refractivity contribution in [1.82, 2.24) is 0 Å². The quantitative estimate of drug-likeness (QED) is 0.829. The topological polar surface area (TPSA) is 78.9 Å². The number of hydrogen-bond acceptors (Lipinski definition) is 3. The van der Waals surface area contributed by atoms with Crippen molar-refractivity contribution in [3.8, 4) is 6.07 Å². The molecule has 0 aliphatic carbocycles. The fourth-order valence-corrected chi connectivity index (χ4v) is 1.61. The molecule has 0 aromatic heterocycles. The van der Waals surface area contributed by atoms with Gasteiger partial charge in [0.1, 0.15) is 12.1 Å². The molecule has 17 heavy (non-hydrogen) atoms. The van der Waals surface area contributed by atoms with E-state index in [-0.39, 0.29) is 5.92 Å². The van der Waals surface area contributed by atoms with E-state index in [0.29, 0.717) is 11.3 Å². The number of rotatable bonds is 4. The van der Waals surface area contributed by atoms with Gasteiger partial charge in [0.15, 0.2) is 0 Å². The maximum atomic E-state index is 11.3. The van der Waals surface area contributed by atoms with Gasteiger partial charge in [-0.05, 0) is 30.5 Å². The summed E-state index contributed by atoms with van der Waals surface area (Å²) in [5.41, 5.74) is 7.53. The van der Waals surface area contributed by atoms with Crippen LogP contribution in [0.2, 0.25) is 0 Å². The minimum atomic E-state index is -0.469. The lowest BCUT2D eigenvalue weighted by atomic mass is 10.0. The first-order valence-electron chi connectivity index (χ1n) is 5.52. The Hall–Kier alpha value is -2.02. The standard InChI is InChI=1S/C13H17N3O/c1-8(2)12(13(15)17)16-11-6-9(3)4-5-10(11)7-14/h4-6,8,12,16H,1-3H3,(H2,15,17). The number of carbonyl (C=O) groups is 1. The molecule has 1 unspecified atom stereocenters. The molecule has 0 aliphatic rings. The molecule has 90 valence electrons. The van der Waals surface area contributed by atoms with Gasteiger partial charge in [-0.15, -0.1) is 0 Å². The van der Waals surface area contributed by atoms with E-state index in [9.17, 15) is 4.79 Å². The number of nitrogens with two attached hydrogens (primary N) is 1. The molecule has 4 nitrogen and oxygen atoms in total. The first kappa shape index (κ1) is 13.0. The highest BCUT2D eigenvalue weighted by Gasteiger charge is 2.20. The second-order valence-electron chi connectivity index (χ2n) is 4.43. The minimum Gasteiger partial charge on any atom is -0.372 e. The second kappa shape index (κ2) is 5.35. The zero-order valence-corrected chi connectivity index (χ0v) is 10.3. The molecule has 0 saturated carbocycles. The molecule has 4 heteroatoms. The number of aryl methyl sites for hydroxylation is 1. The molecule has 0 saturated heterocycles. The summed E-state index contributed by atoms with van der Waals surface area (Å²) in [6.45, 7) is 5.75. The van der Waals surface area contributed by atoms with Gasteiger partial charge in [-0.3, -0.25) is 4.79 Å². The van der Waals surface area contributed by atoms with E-state index >= 15 is 0 Å². The fourth-order valence-electron chi connectivity index (χ4n) is 1.61. The number of hydrogen-bond donors (Lipinski definition) is 2. The Morgan fingerprint density at radius 2 is 2.12 bits per heavy atom. The maximum absolute atomic E-state index is 11.3. The predicted octanol–water partition coefficient (Wildman–Crippen LogP) is 1.79. The Kier molecular flexibility index (Phi) is 4.11. The molecule has 1 atom stereocenters. The number of primary amides is 1. The molecule has 3 N–H and O–H groups in total. The van der Waals surface area contributed by atoms with Crippen molar-refractivity contribution in [2.75, 3.05) is 5.32 Å². The molecule has 0 fully saturated rings. The normalized spacial score (nSPS) is 11.9. The Morgan fingerprint density at radius 1 is 1.47 bits per heavy atom. The van der Waals surface area contributed by atoms with E-state index in [4.69, 9.17) is 11.0 Å². The summed E-state index contributed by atoms with van der Waals surface area (Å²) in [4.78, 5) is 11.3. The molecule has 0 aliphatic heterocycles. The molecule has 0 radical (unpaired) electrons. The zero-order chi connectivity index (χ0) is 13.0. The predicted molar refractivity (Wildman–Crippen MR) is 67.3 cm³/mol. The van der Waals surface area contributed by atoms with Crippen molar-refractivity contribution in [1.29, 1.82) is 5.26 Å². The monoisotopic (exact) mass is 231 g/mol. The number of nitriles is 1. The Balaban J connectivity index is 3.05. The first-order chi connectivity index (χ1) is 7.95. The molecule has 1 rings (SSSR count). The lowest BCUT2D eigenvalue weighted by Gasteiger charge is -2.21. The van der Waals surface area contributed by atoms with E-state index in [2.05, 4.69) is 11.4 Å². The van der Waals surface area contributed by atoms with Crippen molar-refractivity contribution >= 4 is 11.6 Å². The van der Waals surface area contributed by atoms with E-state index in [0.717, 1.165) is 5.56 Å². The molecule has 1 aromatic rings. The number of nitrogens with zero attached hydrogens (tertiary/aromatic N) is 1. The summed E-state index contributed by atoms with van der Waals surface area (Å²) < 4.78 is 0. The van der Waals surface area contributed by atoms with Crippen LogP contribution in [-0.2, 0) is 4.79 Å². The summed E-state index contributed by atoms with van der Waals surface area (Å²) in [6.07, 6.45) is 0. The Labute approximate surface area is 101 Å². The van der Waals surface area contributed by atoms with E-state index in [1.165, 1.54) is 0 Å². The van der Waals surface area contributed by atoms with Gasteiger partial charge in [0.05, 0.1) is 11.3 Å². The first-order valence-corrected chi connectivity index (χ1v) is 5.52. The SMILES string of the molecule is Cc1ccc(C#N)c(NC(C(N)=O)C(C)C)c1. The summed E-state index contributed by atoms with van der Waals surface area (Å²) in [7, 11) is 0. The Morgan fingerprint density at radius 3 is 2.59 bits per heavy atom. The summed E-state index contributed by atoms with van der Waals surface area (Å²) in [6, 6.07) is 7.06. The van der Waals surface area contributed by atoms with Gasteiger partial charge in [0.2, 0.25) is 5.91 Å². The summed E-state index contributed by atoms with van der Waals surface area (Å²) in [5, 5.41) is 12.0. The Bertz CT molecular complexity index is 460. The van der Waals surface area contributed by atoms with Crippen LogP contribution in [0, 0.1) is 24.2 Å². The van der Waals surface area contributed by atoms with Gasteiger partial charge in [-0.25, -0.2) is 0 Å². The molecule has 0 heterocycles. The third-order valence-electron chi connectivity index (χ3n) is 2.58. The number of anilines is 1. The second-order valence-corrected chi connectivity index (χ2v) is 4.43. The molecule has 1 amide bonds. The summed E-state index contributed by atoms with van der Waals surface area (Å²) >= 11 is 0. The number of carbonyl (C=O) groups excluding carboxylic acids is 1. The van der Waals surface area contributed by atoms with Crippen molar-refractivity contribution in [3.63, 3.8) is 0 Å². The number of nitrogens with one attached hydrogen (secondary N) is 1. The number of amides is 1. The van der Waals surface area contributed by atoms with Crippen LogP contribution >= 0.6 is 0 Å². The van der Waals surface area contributed by atoms with Gasteiger partial charge in [0.25, 0.3) is 0 Å². The molecular formula is C13H17N3O. The number of benzene rings is 1. The average Bonchev–Trinajstić information content (AvgIpc) is 2.25. The van der Waals surface area contributed by atoms with E-state index in [1.54, 1.807) is 6.07 Å². The third kappa shape index (κ3) is 3.22. The van der Waals surface area contributed by atoms with Crippen LogP contribution < -0.4 is 11.1 Å². The van der Waals surface area contributed by atoms with Crippen LogP contribution in [0.3, 0.4) is 0 Å². The molecular weight excluding hydrogens is 214 g/mol. The smallest absolute Gasteiger partial charge is 0.240 e. The highest BCUT2D eigenvalue weighted by Crippen LogP contribution is 2.19. The third-order valence-corrected chi connectivity index (χ3v) is 2.58. The lowest BCUT2D eigenvalue weighted by molar-refractivity contribution is -0.119. The highest BCUT2D eigenvalue weighted by atomic mass is 16.1. The van der Waals surface area contributed by atoms with Crippen LogP contribution in [-0.4, -0.2) is 11.9 Å². The highest BCUT2D eigenvalue weighted by molar-refractivity contribution is 5.83. The lowest BCUT2D eigenvalue weighted by Crippen LogP contribution is -2.39. The molecule has 0 spiro atoms. The summed E-state index contributed by atoms with van der Waals surface area (Å²) in [5.74, 6) is -0.343. The molecule has 1 aromatic carbocycles. The van der Waals surface area contributed by atoms with Gasteiger partial charge < -0.3 is 11.1 Å². The fraction of sp³-hybridized carbons (Fsp3) is 0.385. The van der Waals surface area contributed by atoms with Crippen molar-refractivity contribution in [3.05, 3.63) is 29.3 Å². The zero-order valence-electron chi connectivity index (χ0n) is 10.3.